The molecule has 0 radical (unpaired) electrons. The van der Waals surface area contributed by atoms with Crippen LogP contribution >= 0.6 is 0 Å². The molecular weight excluding hydrogens is 188 g/mol. The Bertz CT molecular complexity index is 236. The minimum Gasteiger partial charge on any atom is -0.326 e. The Morgan fingerprint density at radius 2 is 2.20 bits per heavy atom. The number of hydrogen-bond donors (Lipinski definition) is 1. The maximum Gasteiger partial charge on any atom is 0.237 e. The first-order valence-corrected chi connectivity index (χ1v) is 6.19. The summed E-state index contributed by atoms with van der Waals surface area (Å²) in [5, 5.41) is 3.31. The third-order valence-corrected chi connectivity index (χ3v) is 3.36. The Morgan fingerprint density at radius 3 is 2.80 bits per heavy atom. The van der Waals surface area contributed by atoms with E-state index < -0.39 is 0 Å². The molecule has 0 spiro atoms. The van der Waals surface area contributed by atoms with E-state index >= 15 is 0 Å². The molecule has 1 atom stereocenters. The van der Waals surface area contributed by atoms with Crippen molar-refractivity contribution in [3.05, 3.63) is 0 Å². The highest BCUT2D eigenvalue weighted by Gasteiger charge is 2.32. The molecule has 1 heterocycles. The summed E-state index contributed by atoms with van der Waals surface area (Å²) in [6, 6.07) is 0. The molecule has 1 saturated carbocycles. The molecule has 2 rings (SSSR count). The predicted molar refractivity (Wildman–Crippen MR) is 60.3 cm³/mol. The van der Waals surface area contributed by atoms with Gasteiger partial charge in [-0.2, -0.15) is 0 Å². The molecule has 1 N–H and O–H groups in total. The molecule has 2 aliphatic rings. The average Bonchev–Trinajstić information content (AvgIpc) is 2.92. The minimum absolute atomic E-state index is 0.293. The first kappa shape index (κ1) is 10.9. The number of hydrogen-bond acceptors (Lipinski definition) is 2. The molecule has 0 aromatic carbocycles. The first-order valence-electron chi connectivity index (χ1n) is 6.19. The van der Waals surface area contributed by atoms with Crippen LogP contribution in [0, 0.1) is 11.8 Å². The van der Waals surface area contributed by atoms with Crippen molar-refractivity contribution in [3.63, 3.8) is 0 Å². The van der Waals surface area contributed by atoms with Gasteiger partial charge in [0.1, 0.15) is 0 Å². The van der Waals surface area contributed by atoms with Crippen LogP contribution < -0.4 is 5.32 Å². The van der Waals surface area contributed by atoms with Gasteiger partial charge in [-0.25, -0.2) is 0 Å². The van der Waals surface area contributed by atoms with Crippen molar-refractivity contribution in [3.8, 4) is 0 Å². The van der Waals surface area contributed by atoms with Crippen molar-refractivity contribution in [2.75, 3.05) is 13.1 Å². The van der Waals surface area contributed by atoms with Gasteiger partial charge >= 0.3 is 0 Å². The van der Waals surface area contributed by atoms with E-state index in [1.54, 1.807) is 0 Å². The van der Waals surface area contributed by atoms with Gasteiger partial charge in [-0.05, 0) is 24.7 Å². The molecule has 0 bridgehead atoms. The molecule has 15 heavy (non-hydrogen) atoms. The lowest BCUT2D eigenvalue weighted by atomic mass is 10.1. The fourth-order valence-electron chi connectivity index (χ4n) is 2.26. The Labute approximate surface area is 92.2 Å². The highest BCUT2D eigenvalue weighted by molar-refractivity contribution is 5.80. The van der Waals surface area contributed by atoms with E-state index in [1.165, 1.54) is 19.3 Å². The largest absolute Gasteiger partial charge is 0.326 e. The lowest BCUT2D eigenvalue weighted by Gasteiger charge is -2.25. The van der Waals surface area contributed by atoms with Crippen LogP contribution in [0.15, 0.2) is 0 Å². The normalized spacial score (nSPS) is 26.7. The van der Waals surface area contributed by atoms with Crippen LogP contribution in [0.3, 0.4) is 0 Å². The maximum absolute atomic E-state index is 11.7. The third kappa shape index (κ3) is 2.94. The van der Waals surface area contributed by atoms with Crippen molar-refractivity contribution in [1.29, 1.82) is 0 Å². The molecule has 2 fully saturated rings. The molecule has 3 heteroatoms. The quantitative estimate of drug-likeness (QED) is 0.747. The average molecular weight is 210 g/mol. The predicted octanol–water partition coefficient (Wildman–Crippen LogP) is 1.59. The van der Waals surface area contributed by atoms with Gasteiger partial charge in [0.25, 0.3) is 0 Å². The Morgan fingerprint density at radius 1 is 1.47 bits per heavy atom. The summed E-state index contributed by atoms with van der Waals surface area (Å²) >= 11 is 0. The van der Waals surface area contributed by atoms with Gasteiger partial charge in [-0.1, -0.05) is 26.7 Å². The molecule has 0 aromatic heterocycles. The summed E-state index contributed by atoms with van der Waals surface area (Å²) in [5.74, 6) is 1.86. The van der Waals surface area contributed by atoms with E-state index in [0.29, 0.717) is 24.5 Å². The highest BCUT2D eigenvalue weighted by atomic mass is 16.2. The van der Waals surface area contributed by atoms with Crippen LogP contribution in [-0.2, 0) is 4.79 Å². The molecule has 0 aromatic rings. The van der Waals surface area contributed by atoms with E-state index in [-0.39, 0.29) is 0 Å². The smallest absolute Gasteiger partial charge is 0.237 e. The number of nitrogens with zero attached hydrogens (tertiary/aromatic N) is 1. The number of carbonyl (C=O) groups excluding carboxylic acids is 1. The monoisotopic (exact) mass is 210 g/mol. The zero-order valence-corrected chi connectivity index (χ0v) is 9.83. The van der Waals surface area contributed by atoms with Gasteiger partial charge in [-0.15, -0.1) is 0 Å². The van der Waals surface area contributed by atoms with Crippen molar-refractivity contribution in [2.45, 2.75) is 45.7 Å². The van der Waals surface area contributed by atoms with Gasteiger partial charge in [0.05, 0.1) is 12.7 Å². The maximum atomic E-state index is 11.7. The van der Waals surface area contributed by atoms with Crippen LogP contribution in [-0.4, -0.2) is 30.1 Å². The van der Waals surface area contributed by atoms with Crippen LogP contribution in [0.2, 0.25) is 0 Å². The fourth-order valence-corrected chi connectivity index (χ4v) is 2.26. The summed E-state index contributed by atoms with van der Waals surface area (Å²) in [4.78, 5) is 13.7. The third-order valence-electron chi connectivity index (χ3n) is 3.36. The van der Waals surface area contributed by atoms with Crippen molar-refractivity contribution in [2.24, 2.45) is 11.8 Å². The summed E-state index contributed by atoms with van der Waals surface area (Å²) in [5.41, 5.74) is 0. The van der Waals surface area contributed by atoms with E-state index in [9.17, 15) is 4.79 Å². The fraction of sp³-hybridized carbons (Fsp3) is 0.917. The Kier molecular flexibility index (Phi) is 3.29. The number of amides is 1. The van der Waals surface area contributed by atoms with E-state index in [1.807, 2.05) is 0 Å². The van der Waals surface area contributed by atoms with Gasteiger partial charge in [0, 0.05) is 6.54 Å². The summed E-state index contributed by atoms with van der Waals surface area (Å²) in [7, 11) is 0. The zero-order chi connectivity index (χ0) is 10.8. The second-order valence-corrected chi connectivity index (χ2v) is 5.35. The van der Waals surface area contributed by atoms with Crippen molar-refractivity contribution >= 4 is 5.91 Å². The van der Waals surface area contributed by atoms with Gasteiger partial charge in [0.2, 0.25) is 5.91 Å². The summed E-state index contributed by atoms with van der Waals surface area (Å²) in [6.07, 6.45) is 5.35. The lowest BCUT2D eigenvalue weighted by Crippen LogP contribution is -2.39. The van der Waals surface area contributed by atoms with Crippen LogP contribution in [0.1, 0.15) is 39.5 Å². The molecule has 3 nitrogen and oxygen atoms in total. The first-order chi connectivity index (χ1) is 7.16. The van der Waals surface area contributed by atoms with E-state index in [4.69, 9.17) is 0 Å². The molecule has 1 saturated heterocycles. The van der Waals surface area contributed by atoms with E-state index in [0.717, 1.165) is 18.9 Å². The SMILES string of the molecule is CC(C)CC1NCC(=O)N1CCC1CC1. The van der Waals surface area contributed by atoms with Crippen LogP contribution in [0.4, 0.5) is 0 Å². The Balaban J connectivity index is 1.82. The standard InChI is InChI=1S/C12H22N2O/c1-9(2)7-11-13-8-12(15)14(11)6-5-10-3-4-10/h9-11,13H,3-8H2,1-2H3. The molecule has 1 amide bonds. The topological polar surface area (TPSA) is 32.3 Å². The second-order valence-electron chi connectivity index (χ2n) is 5.35. The molecule has 86 valence electrons. The molecular formula is C12H22N2O. The van der Waals surface area contributed by atoms with Gasteiger partial charge in [-0.3, -0.25) is 10.1 Å². The van der Waals surface area contributed by atoms with E-state index in [2.05, 4.69) is 24.1 Å². The lowest BCUT2D eigenvalue weighted by molar-refractivity contribution is -0.128. The second kappa shape index (κ2) is 4.52. The van der Waals surface area contributed by atoms with Gasteiger partial charge in [0.15, 0.2) is 0 Å². The summed E-state index contributed by atoms with van der Waals surface area (Å²) < 4.78 is 0. The number of nitrogens with one attached hydrogen (secondary N) is 1. The van der Waals surface area contributed by atoms with Crippen LogP contribution in [0.25, 0.3) is 0 Å². The summed E-state index contributed by atoms with van der Waals surface area (Å²) in [6.45, 7) is 5.93. The number of rotatable bonds is 5. The molecule has 1 unspecified atom stereocenters. The zero-order valence-electron chi connectivity index (χ0n) is 9.83. The Hall–Kier alpha value is -0.570. The molecule has 1 aliphatic carbocycles. The van der Waals surface area contributed by atoms with Gasteiger partial charge < -0.3 is 4.90 Å². The minimum atomic E-state index is 0.293. The molecule has 1 aliphatic heterocycles. The van der Waals surface area contributed by atoms with Crippen molar-refractivity contribution in [1.82, 2.24) is 10.2 Å². The van der Waals surface area contributed by atoms with Crippen molar-refractivity contribution < 1.29 is 4.79 Å². The van der Waals surface area contributed by atoms with Crippen LogP contribution in [0.5, 0.6) is 0 Å². The number of carbonyl (C=O) groups is 1. The highest BCUT2D eigenvalue weighted by Crippen LogP contribution is 2.33.